The molecule has 16 heavy (non-hydrogen) atoms. The third-order valence-corrected chi connectivity index (χ3v) is 2.64. The van der Waals surface area contributed by atoms with Crippen LogP contribution >= 0.6 is 0 Å². The van der Waals surface area contributed by atoms with Gasteiger partial charge in [-0.25, -0.2) is 4.39 Å². The van der Waals surface area contributed by atoms with E-state index in [0.29, 0.717) is 5.56 Å². The number of halogens is 1. The smallest absolute Gasteiger partial charge is 0.134 e. The first kappa shape index (κ1) is 10.7. The molecule has 0 aliphatic carbocycles. The van der Waals surface area contributed by atoms with Crippen LogP contribution in [0.2, 0.25) is 0 Å². The Bertz CT molecular complexity index is 532. The Morgan fingerprint density at radius 3 is 2.38 bits per heavy atom. The Labute approximate surface area is 94.2 Å². The molecule has 0 unspecified atom stereocenters. The molecule has 0 radical (unpaired) electrons. The van der Waals surface area contributed by atoms with Crippen molar-refractivity contribution in [2.45, 2.75) is 13.8 Å². The summed E-state index contributed by atoms with van der Waals surface area (Å²) in [6.45, 7) is 3.92. The molecule has 0 bridgehead atoms. The van der Waals surface area contributed by atoms with Crippen molar-refractivity contribution in [1.82, 2.24) is 0 Å². The van der Waals surface area contributed by atoms with E-state index in [1.165, 1.54) is 6.07 Å². The van der Waals surface area contributed by atoms with E-state index >= 15 is 0 Å². The van der Waals surface area contributed by atoms with Gasteiger partial charge in [-0.2, -0.15) is 0 Å². The van der Waals surface area contributed by atoms with Crippen LogP contribution in [0.3, 0.4) is 0 Å². The highest BCUT2D eigenvalue weighted by atomic mass is 19.1. The van der Waals surface area contributed by atoms with Crippen molar-refractivity contribution < 1.29 is 9.50 Å². The highest BCUT2D eigenvalue weighted by Gasteiger charge is 2.08. The van der Waals surface area contributed by atoms with Crippen LogP contribution in [-0.4, -0.2) is 5.11 Å². The largest absolute Gasteiger partial charge is 0.508 e. The van der Waals surface area contributed by atoms with E-state index in [2.05, 4.69) is 0 Å². The quantitative estimate of drug-likeness (QED) is 0.768. The first-order chi connectivity index (χ1) is 7.58. The lowest BCUT2D eigenvalue weighted by Gasteiger charge is -2.08. The predicted molar refractivity (Wildman–Crippen MR) is 63.0 cm³/mol. The fraction of sp³-hybridized carbons (Fsp3) is 0.143. The molecule has 0 saturated heterocycles. The Kier molecular flexibility index (Phi) is 2.65. The van der Waals surface area contributed by atoms with E-state index in [9.17, 15) is 4.39 Å². The SMILES string of the molecule is Cc1ccc(C)c(-c2ccc(O)cc2F)c1. The van der Waals surface area contributed by atoms with Crippen LogP contribution < -0.4 is 0 Å². The summed E-state index contributed by atoms with van der Waals surface area (Å²) >= 11 is 0. The first-order valence-corrected chi connectivity index (χ1v) is 5.14. The molecule has 1 N–H and O–H groups in total. The van der Waals surface area contributed by atoms with Crippen molar-refractivity contribution >= 4 is 0 Å². The van der Waals surface area contributed by atoms with E-state index in [4.69, 9.17) is 5.11 Å². The van der Waals surface area contributed by atoms with Crippen LogP contribution in [0.4, 0.5) is 4.39 Å². The molecule has 0 spiro atoms. The minimum absolute atomic E-state index is 0.0495. The Balaban J connectivity index is 2.62. The number of phenolic OH excluding ortho intramolecular Hbond substituents is 1. The Hall–Kier alpha value is -1.83. The zero-order valence-electron chi connectivity index (χ0n) is 9.29. The van der Waals surface area contributed by atoms with Crippen molar-refractivity contribution in [2.75, 3.05) is 0 Å². The van der Waals surface area contributed by atoms with Gasteiger partial charge in [0.15, 0.2) is 0 Å². The molecule has 1 nitrogen and oxygen atoms in total. The normalized spacial score (nSPS) is 10.4. The molecule has 82 valence electrons. The molecule has 0 aliphatic heterocycles. The zero-order chi connectivity index (χ0) is 11.7. The second kappa shape index (κ2) is 3.97. The third-order valence-electron chi connectivity index (χ3n) is 2.64. The van der Waals surface area contributed by atoms with Crippen LogP contribution in [0, 0.1) is 19.7 Å². The number of rotatable bonds is 1. The van der Waals surface area contributed by atoms with Gasteiger partial charge < -0.3 is 5.11 Å². The van der Waals surface area contributed by atoms with Crippen LogP contribution in [-0.2, 0) is 0 Å². The fourth-order valence-corrected chi connectivity index (χ4v) is 1.75. The average molecular weight is 216 g/mol. The Morgan fingerprint density at radius 2 is 1.69 bits per heavy atom. The molecular formula is C14H13FO. The molecular weight excluding hydrogens is 203 g/mol. The standard InChI is InChI=1S/C14H13FO/c1-9-3-4-10(2)13(7-9)12-6-5-11(16)8-14(12)15/h3-8,16H,1-2H3. The molecule has 0 atom stereocenters. The monoisotopic (exact) mass is 216 g/mol. The van der Waals surface area contributed by atoms with Crippen molar-refractivity contribution in [3.05, 3.63) is 53.3 Å². The van der Waals surface area contributed by atoms with Gasteiger partial charge in [0.1, 0.15) is 11.6 Å². The molecule has 2 heteroatoms. The van der Waals surface area contributed by atoms with Gasteiger partial charge in [0.25, 0.3) is 0 Å². The molecule has 0 aromatic heterocycles. The van der Waals surface area contributed by atoms with Gasteiger partial charge in [-0.1, -0.05) is 23.8 Å². The highest BCUT2D eigenvalue weighted by Crippen LogP contribution is 2.28. The molecule has 2 aromatic carbocycles. The summed E-state index contributed by atoms with van der Waals surface area (Å²) in [7, 11) is 0. The lowest BCUT2D eigenvalue weighted by molar-refractivity contribution is 0.469. The molecule has 2 aromatic rings. The number of benzene rings is 2. The van der Waals surface area contributed by atoms with Gasteiger partial charge in [0.05, 0.1) is 0 Å². The summed E-state index contributed by atoms with van der Waals surface area (Å²) in [5, 5.41) is 9.17. The molecule has 0 saturated carbocycles. The van der Waals surface area contributed by atoms with Crippen LogP contribution in [0.15, 0.2) is 36.4 Å². The topological polar surface area (TPSA) is 20.2 Å². The van der Waals surface area contributed by atoms with Gasteiger partial charge in [-0.3, -0.25) is 0 Å². The maximum atomic E-state index is 13.7. The number of hydrogen-bond donors (Lipinski definition) is 1. The third kappa shape index (κ3) is 1.91. The summed E-state index contributed by atoms with van der Waals surface area (Å²) in [6.07, 6.45) is 0. The van der Waals surface area contributed by atoms with Gasteiger partial charge in [0, 0.05) is 11.6 Å². The second-order valence-electron chi connectivity index (χ2n) is 3.98. The van der Waals surface area contributed by atoms with E-state index < -0.39 is 5.82 Å². The summed E-state index contributed by atoms with van der Waals surface area (Å²) in [6, 6.07) is 10.2. The van der Waals surface area contributed by atoms with E-state index in [-0.39, 0.29) is 5.75 Å². The predicted octanol–water partition coefficient (Wildman–Crippen LogP) is 3.82. The number of phenols is 1. The first-order valence-electron chi connectivity index (χ1n) is 5.14. The van der Waals surface area contributed by atoms with Crippen molar-refractivity contribution in [3.63, 3.8) is 0 Å². The molecule has 0 amide bonds. The van der Waals surface area contributed by atoms with Crippen molar-refractivity contribution in [1.29, 1.82) is 0 Å². The zero-order valence-corrected chi connectivity index (χ0v) is 9.29. The second-order valence-corrected chi connectivity index (χ2v) is 3.98. The van der Waals surface area contributed by atoms with Gasteiger partial charge in [-0.15, -0.1) is 0 Å². The van der Waals surface area contributed by atoms with Crippen LogP contribution in [0.1, 0.15) is 11.1 Å². The number of hydrogen-bond acceptors (Lipinski definition) is 1. The Morgan fingerprint density at radius 1 is 0.938 bits per heavy atom. The lowest BCUT2D eigenvalue weighted by Crippen LogP contribution is -1.88. The summed E-state index contributed by atoms with van der Waals surface area (Å²) in [5.74, 6) is -0.444. The van der Waals surface area contributed by atoms with Crippen LogP contribution in [0.5, 0.6) is 5.75 Å². The van der Waals surface area contributed by atoms with Crippen LogP contribution in [0.25, 0.3) is 11.1 Å². The van der Waals surface area contributed by atoms with E-state index in [1.54, 1.807) is 6.07 Å². The van der Waals surface area contributed by atoms with E-state index in [0.717, 1.165) is 22.8 Å². The summed E-state index contributed by atoms with van der Waals surface area (Å²) in [5.41, 5.74) is 3.51. The molecule has 0 fully saturated rings. The number of aryl methyl sites for hydroxylation is 2. The van der Waals surface area contributed by atoms with Gasteiger partial charge in [-0.05, 0) is 37.1 Å². The van der Waals surface area contributed by atoms with Gasteiger partial charge >= 0.3 is 0 Å². The number of aromatic hydroxyl groups is 1. The lowest BCUT2D eigenvalue weighted by atomic mass is 9.98. The van der Waals surface area contributed by atoms with Gasteiger partial charge in [0.2, 0.25) is 0 Å². The maximum absolute atomic E-state index is 13.7. The average Bonchev–Trinajstić information content (AvgIpc) is 2.22. The maximum Gasteiger partial charge on any atom is 0.134 e. The highest BCUT2D eigenvalue weighted by molar-refractivity contribution is 5.69. The minimum atomic E-state index is -0.395. The fourth-order valence-electron chi connectivity index (χ4n) is 1.75. The molecule has 0 aliphatic rings. The molecule has 2 rings (SSSR count). The summed E-state index contributed by atoms with van der Waals surface area (Å²) < 4.78 is 13.7. The minimum Gasteiger partial charge on any atom is -0.508 e. The summed E-state index contributed by atoms with van der Waals surface area (Å²) in [4.78, 5) is 0. The van der Waals surface area contributed by atoms with Crippen molar-refractivity contribution in [2.24, 2.45) is 0 Å². The van der Waals surface area contributed by atoms with Crippen molar-refractivity contribution in [3.8, 4) is 16.9 Å². The van der Waals surface area contributed by atoms with E-state index in [1.807, 2.05) is 32.0 Å². The molecule has 0 heterocycles.